The van der Waals surface area contributed by atoms with E-state index in [1.165, 1.54) is 0 Å². The first kappa shape index (κ1) is 15.9. The van der Waals surface area contributed by atoms with E-state index in [-0.39, 0.29) is 6.04 Å². The SMILES string of the molecule is CC(C)CNCCCCN(C)C1CCS(=O)(=O)C1. The van der Waals surface area contributed by atoms with Gasteiger partial charge >= 0.3 is 0 Å². The molecule has 0 aromatic rings. The summed E-state index contributed by atoms with van der Waals surface area (Å²) in [5.41, 5.74) is 0. The van der Waals surface area contributed by atoms with Crippen molar-refractivity contribution in [2.24, 2.45) is 5.92 Å². The predicted octanol–water partition coefficient (Wildman–Crippen LogP) is 1.13. The smallest absolute Gasteiger partial charge is 0.151 e. The lowest BCUT2D eigenvalue weighted by molar-refractivity contribution is 0.256. The molecule has 0 amide bonds. The van der Waals surface area contributed by atoms with E-state index in [4.69, 9.17) is 0 Å². The van der Waals surface area contributed by atoms with Crippen LogP contribution in [-0.4, -0.2) is 57.5 Å². The van der Waals surface area contributed by atoms with Crippen LogP contribution in [0.25, 0.3) is 0 Å². The van der Waals surface area contributed by atoms with E-state index < -0.39 is 9.84 Å². The molecular formula is C13H28N2O2S. The molecule has 108 valence electrons. The lowest BCUT2D eigenvalue weighted by Crippen LogP contribution is -2.33. The topological polar surface area (TPSA) is 49.4 Å². The Bertz CT molecular complexity index is 328. The van der Waals surface area contributed by atoms with Crippen LogP contribution in [0.3, 0.4) is 0 Å². The van der Waals surface area contributed by atoms with Gasteiger partial charge in [-0.15, -0.1) is 0 Å². The molecule has 0 saturated carbocycles. The summed E-state index contributed by atoms with van der Waals surface area (Å²) in [4.78, 5) is 2.22. The average molecular weight is 276 g/mol. The minimum Gasteiger partial charge on any atom is -0.316 e. The maximum Gasteiger partial charge on any atom is 0.151 e. The Labute approximate surface area is 112 Å². The third-order valence-corrected chi connectivity index (χ3v) is 5.25. The Morgan fingerprint density at radius 3 is 2.61 bits per heavy atom. The van der Waals surface area contributed by atoms with Crippen molar-refractivity contribution in [2.75, 3.05) is 38.2 Å². The molecule has 1 fully saturated rings. The summed E-state index contributed by atoms with van der Waals surface area (Å²) in [6.07, 6.45) is 3.11. The van der Waals surface area contributed by atoms with E-state index in [1.807, 2.05) is 7.05 Å². The summed E-state index contributed by atoms with van der Waals surface area (Å²) < 4.78 is 22.8. The molecule has 1 heterocycles. The number of hydrogen-bond acceptors (Lipinski definition) is 4. The quantitative estimate of drug-likeness (QED) is 0.675. The molecule has 5 heteroatoms. The molecular weight excluding hydrogens is 248 g/mol. The van der Waals surface area contributed by atoms with Crippen molar-refractivity contribution >= 4 is 9.84 Å². The van der Waals surface area contributed by atoms with E-state index in [0.29, 0.717) is 17.4 Å². The zero-order valence-electron chi connectivity index (χ0n) is 12.0. The Hall–Kier alpha value is -0.130. The van der Waals surface area contributed by atoms with Gasteiger partial charge in [0, 0.05) is 6.04 Å². The number of nitrogens with zero attached hydrogens (tertiary/aromatic N) is 1. The first-order valence-corrected chi connectivity index (χ1v) is 8.84. The highest BCUT2D eigenvalue weighted by atomic mass is 32.2. The molecule has 1 N–H and O–H groups in total. The number of rotatable bonds is 8. The summed E-state index contributed by atoms with van der Waals surface area (Å²) in [5, 5.41) is 3.43. The van der Waals surface area contributed by atoms with Crippen LogP contribution in [0.5, 0.6) is 0 Å². The molecule has 1 aliphatic rings. The van der Waals surface area contributed by atoms with Gasteiger partial charge in [-0.25, -0.2) is 8.42 Å². The van der Waals surface area contributed by atoms with E-state index in [1.54, 1.807) is 0 Å². The van der Waals surface area contributed by atoms with Crippen molar-refractivity contribution in [3.05, 3.63) is 0 Å². The van der Waals surface area contributed by atoms with Crippen molar-refractivity contribution in [2.45, 2.75) is 39.2 Å². The molecule has 4 nitrogen and oxygen atoms in total. The zero-order chi connectivity index (χ0) is 13.6. The van der Waals surface area contributed by atoms with Crippen LogP contribution in [0.2, 0.25) is 0 Å². The molecule has 1 saturated heterocycles. The van der Waals surface area contributed by atoms with Crippen LogP contribution in [0.4, 0.5) is 0 Å². The third kappa shape index (κ3) is 6.16. The largest absolute Gasteiger partial charge is 0.316 e. The lowest BCUT2D eigenvalue weighted by atomic mass is 10.2. The second kappa shape index (κ2) is 7.46. The minimum absolute atomic E-state index is 0.249. The standard InChI is InChI=1S/C13H28N2O2S/c1-12(2)10-14-7-4-5-8-15(3)13-6-9-18(16,17)11-13/h12-14H,4-11H2,1-3H3. The van der Waals surface area contributed by atoms with Gasteiger partial charge in [0.25, 0.3) is 0 Å². The fourth-order valence-corrected chi connectivity index (χ4v) is 4.11. The summed E-state index contributed by atoms with van der Waals surface area (Å²) in [7, 11) is -0.695. The Morgan fingerprint density at radius 1 is 1.33 bits per heavy atom. The van der Waals surface area contributed by atoms with Crippen molar-refractivity contribution in [3.63, 3.8) is 0 Å². The molecule has 0 aromatic heterocycles. The van der Waals surface area contributed by atoms with Crippen molar-refractivity contribution < 1.29 is 8.42 Å². The third-order valence-electron chi connectivity index (χ3n) is 3.50. The first-order valence-electron chi connectivity index (χ1n) is 7.02. The molecule has 0 spiro atoms. The van der Waals surface area contributed by atoms with Crippen LogP contribution in [0.1, 0.15) is 33.1 Å². The monoisotopic (exact) mass is 276 g/mol. The van der Waals surface area contributed by atoms with Crippen molar-refractivity contribution in [3.8, 4) is 0 Å². The van der Waals surface area contributed by atoms with E-state index in [0.717, 1.165) is 38.9 Å². The molecule has 0 aromatic carbocycles. The molecule has 1 aliphatic heterocycles. The number of nitrogens with one attached hydrogen (secondary N) is 1. The van der Waals surface area contributed by atoms with Gasteiger partial charge in [-0.1, -0.05) is 13.8 Å². The molecule has 0 bridgehead atoms. The summed E-state index contributed by atoms with van der Waals surface area (Å²) >= 11 is 0. The van der Waals surface area contributed by atoms with Crippen LogP contribution >= 0.6 is 0 Å². The van der Waals surface area contributed by atoms with Crippen LogP contribution in [-0.2, 0) is 9.84 Å². The van der Waals surface area contributed by atoms with Gasteiger partial charge in [0.15, 0.2) is 9.84 Å². The highest BCUT2D eigenvalue weighted by molar-refractivity contribution is 7.91. The Morgan fingerprint density at radius 2 is 2.06 bits per heavy atom. The number of unbranched alkanes of at least 4 members (excludes halogenated alkanes) is 1. The summed E-state index contributed by atoms with van der Waals surface area (Å²) in [6, 6.07) is 0.249. The second-order valence-corrected chi connectivity index (χ2v) is 8.07. The number of sulfone groups is 1. The first-order chi connectivity index (χ1) is 8.41. The van der Waals surface area contributed by atoms with E-state index >= 15 is 0 Å². The number of hydrogen-bond donors (Lipinski definition) is 1. The Balaban J connectivity index is 2.06. The van der Waals surface area contributed by atoms with Gasteiger partial charge < -0.3 is 10.2 Å². The highest BCUT2D eigenvalue weighted by Crippen LogP contribution is 2.16. The normalized spacial score (nSPS) is 23.1. The van der Waals surface area contributed by atoms with Crippen molar-refractivity contribution in [1.29, 1.82) is 0 Å². The molecule has 18 heavy (non-hydrogen) atoms. The summed E-state index contributed by atoms with van der Waals surface area (Å²) in [6.45, 7) is 7.57. The maximum absolute atomic E-state index is 11.4. The summed E-state index contributed by atoms with van der Waals surface area (Å²) in [5.74, 6) is 1.43. The molecule has 1 rings (SSSR count). The molecule has 1 unspecified atom stereocenters. The fraction of sp³-hybridized carbons (Fsp3) is 1.00. The zero-order valence-corrected chi connectivity index (χ0v) is 12.8. The van der Waals surface area contributed by atoms with Crippen LogP contribution < -0.4 is 5.32 Å². The second-order valence-electron chi connectivity index (χ2n) is 5.84. The molecule has 0 aliphatic carbocycles. The van der Waals surface area contributed by atoms with Gasteiger partial charge in [-0.2, -0.15) is 0 Å². The van der Waals surface area contributed by atoms with Gasteiger partial charge in [0.05, 0.1) is 11.5 Å². The average Bonchev–Trinajstić information content (AvgIpc) is 2.63. The fourth-order valence-electron chi connectivity index (χ4n) is 2.31. The van der Waals surface area contributed by atoms with Crippen molar-refractivity contribution in [1.82, 2.24) is 10.2 Å². The van der Waals surface area contributed by atoms with Crippen LogP contribution in [0.15, 0.2) is 0 Å². The van der Waals surface area contributed by atoms with Gasteiger partial charge in [0.1, 0.15) is 0 Å². The van der Waals surface area contributed by atoms with Gasteiger partial charge in [0.2, 0.25) is 0 Å². The predicted molar refractivity (Wildman–Crippen MR) is 76.6 cm³/mol. The molecule has 0 radical (unpaired) electrons. The van der Waals surface area contributed by atoms with E-state index in [2.05, 4.69) is 24.1 Å². The molecule has 1 atom stereocenters. The van der Waals surface area contributed by atoms with Gasteiger partial charge in [-0.3, -0.25) is 0 Å². The lowest BCUT2D eigenvalue weighted by Gasteiger charge is -2.22. The van der Waals surface area contributed by atoms with Crippen LogP contribution in [0, 0.1) is 5.92 Å². The maximum atomic E-state index is 11.4. The Kier molecular flexibility index (Phi) is 6.60. The highest BCUT2D eigenvalue weighted by Gasteiger charge is 2.30. The van der Waals surface area contributed by atoms with E-state index in [9.17, 15) is 8.42 Å². The van der Waals surface area contributed by atoms with Gasteiger partial charge in [-0.05, 0) is 51.9 Å². The minimum atomic E-state index is -2.74.